The lowest BCUT2D eigenvalue weighted by Crippen LogP contribution is -2.38. The Morgan fingerprint density at radius 2 is 1.93 bits per heavy atom. The Hall–Kier alpha value is -1.98. The van der Waals surface area contributed by atoms with E-state index in [-0.39, 0.29) is 28.8 Å². The summed E-state index contributed by atoms with van der Waals surface area (Å²) in [6, 6.07) is 8.39. The lowest BCUT2D eigenvalue weighted by atomic mass is 10.3. The van der Waals surface area contributed by atoms with E-state index in [1.54, 1.807) is 29.6 Å². The van der Waals surface area contributed by atoms with E-state index in [4.69, 9.17) is 11.6 Å². The number of ether oxygens (including phenoxy) is 1. The number of halogens is 1. The molecule has 0 bridgehead atoms. The molecule has 3 rings (SSSR count). The van der Waals surface area contributed by atoms with E-state index in [1.807, 2.05) is 4.90 Å². The molecule has 30 heavy (non-hydrogen) atoms. The van der Waals surface area contributed by atoms with Gasteiger partial charge in [-0.2, -0.15) is 4.31 Å². The molecular formula is C19H22ClN3O5S2. The highest BCUT2D eigenvalue weighted by Crippen LogP contribution is 2.27. The monoisotopic (exact) mass is 471 g/mol. The van der Waals surface area contributed by atoms with Gasteiger partial charge in [0.25, 0.3) is 0 Å². The summed E-state index contributed by atoms with van der Waals surface area (Å²) in [6.45, 7) is 1.63. The minimum Gasteiger partial charge on any atom is -0.465 e. The molecule has 162 valence electrons. The van der Waals surface area contributed by atoms with Gasteiger partial charge in [0.1, 0.15) is 9.77 Å². The maximum absolute atomic E-state index is 13.1. The van der Waals surface area contributed by atoms with Crippen LogP contribution in [-0.2, 0) is 19.6 Å². The number of sulfonamides is 1. The van der Waals surface area contributed by atoms with E-state index in [0.29, 0.717) is 36.8 Å². The van der Waals surface area contributed by atoms with E-state index in [9.17, 15) is 18.0 Å². The van der Waals surface area contributed by atoms with Crippen LogP contribution in [0, 0.1) is 0 Å². The van der Waals surface area contributed by atoms with Crippen LogP contribution < -0.4 is 5.32 Å². The number of nitrogens with one attached hydrogen (secondary N) is 1. The van der Waals surface area contributed by atoms with Gasteiger partial charge in [0.2, 0.25) is 15.9 Å². The predicted molar refractivity (Wildman–Crippen MR) is 116 cm³/mol. The highest BCUT2D eigenvalue weighted by atomic mass is 35.5. The van der Waals surface area contributed by atoms with E-state index >= 15 is 0 Å². The first kappa shape index (κ1) is 22.7. The molecule has 0 atom stereocenters. The van der Waals surface area contributed by atoms with Gasteiger partial charge < -0.3 is 10.1 Å². The summed E-state index contributed by atoms with van der Waals surface area (Å²) >= 11 is 7.10. The number of methoxy groups -OCH3 is 1. The highest BCUT2D eigenvalue weighted by molar-refractivity contribution is 7.89. The Kier molecular flexibility index (Phi) is 7.48. The average molecular weight is 472 g/mol. The number of esters is 1. The molecule has 1 fully saturated rings. The molecule has 1 aliphatic rings. The van der Waals surface area contributed by atoms with Gasteiger partial charge >= 0.3 is 5.97 Å². The van der Waals surface area contributed by atoms with Gasteiger partial charge in [-0.05, 0) is 36.5 Å². The van der Waals surface area contributed by atoms with Crippen LogP contribution in [0.25, 0.3) is 0 Å². The standard InChI is InChI=1S/C19H22ClN3O5S2/c1-28-19(25)18-16(7-12-29-18)30(26,27)23-9-4-8-22(10-11-23)13-17(24)21-15-6-3-2-5-14(15)20/h2-3,5-7,12H,4,8-11,13H2,1H3,(H,21,24). The summed E-state index contributed by atoms with van der Waals surface area (Å²) in [6.07, 6.45) is 0.566. The van der Waals surface area contributed by atoms with Crippen molar-refractivity contribution in [3.8, 4) is 0 Å². The zero-order valence-electron chi connectivity index (χ0n) is 16.3. The van der Waals surface area contributed by atoms with Gasteiger partial charge in [-0.25, -0.2) is 13.2 Å². The minimum atomic E-state index is -3.84. The van der Waals surface area contributed by atoms with Gasteiger partial charge in [0.15, 0.2) is 0 Å². The van der Waals surface area contributed by atoms with E-state index in [1.165, 1.54) is 17.5 Å². The molecule has 0 aliphatic carbocycles. The quantitative estimate of drug-likeness (QED) is 0.650. The van der Waals surface area contributed by atoms with E-state index in [0.717, 1.165) is 11.3 Å². The summed E-state index contributed by atoms with van der Waals surface area (Å²) in [7, 11) is -2.62. The van der Waals surface area contributed by atoms with Crippen molar-refractivity contribution in [3.63, 3.8) is 0 Å². The van der Waals surface area contributed by atoms with Crippen LogP contribution in [0.4, 0.5) is 5.69 Å². The summed E-state index contributed by atoms with van der Waals surface area (Å²) in [5.74, 6) is -0.888. The first-order valence-electron chi connectivity index (χ1n) is 9.25. The number of para-hydroxylation sites is 1. The molecular weight excluding hydrogens is 450 g/mol. The lowest BCUT2D eigenvalue weighted by Gasteiger charge is -2.21. The van der Waals surface area contributed by atoms with Crippen molar-refractivity contribution in [2.24, 2.45) is 0 Å². The number of carbonyl (C=O) groups is 2. The van der Waals surface area contributed by atoms with Gasteiger partial charge in [-0.1, -0.05) is 23.7 Å². The van der Waals surface area contributed by atoms with Crippen molar-refractivity contribution in [2.45, 2.75) is 11.3 Å². The molecule has 0 radical (unpaired) electrons. The molecule has 1 aromatic carbocycles. The normalized spacial score (nSPS) is 16.1. The van der Waals surface area contributed by atoms with Crippen molar-refractivity contribution in [2.75, 3.05) is 45.2 Å². The Balaban J connectivity index is 1.63. The molecule has 1 N–H and O–H groups in total. The molecule has 2 heterocycles. The number of anilines is 1. The number of hydrogen-bond donors (Lipinski definition) is 1. The number of benzene rings is 1. The molecule has 1 aromatic heterocycles. The van der Waals surface area contributed by atoms with Gasteiger partial charge in [-0.3, -0.25) is 9.69 Å². The first-order valence-corrected chi connectivity index (χ1v) is 12.0. The molecule has 0 saturated carbocycles. The second-order valence-corrected chi connectivity index (χ2v) is 9.90. The van der Waals surface area contributed by atoms with Crippen LogP contribution in [-0.4, -0.2) is 69.3 Å². The number of thiophene rings is 1. The zero-order valence-corrected chi connectivity index (χ0v) is 18.7. The van der Waals surface area contributed by atoms with E-state index in [2.05, 4.69) is 10.1 Å². The molecule has 0 unspecified atom stereocenters. The smallest absolute Gasteiger partial charge is 0.349 e. The van der Waals surface area contributed by atoms with Crippen LogP contribution in [0.15, 0.2) is 40.6 Å². The van der Waals surface area contributed by atoms with Crippen molar-refractivity contribution in [3.05, 3.63) is 45.6 Å². The van der Waals surface area contributed by atoms with Crippen molar-refractivity contribution >= 4 is 50.5 Å². The topological polar surface area (TPSA) is 96.0 Å². The van der Waals surface area contributed by atoms with Gasteiger partial charge in [0.05, 0.1) is 24.4 Å². The highest BCUT2D eigenvalue weighted by Gasteiger charge is 2.32. The summed E-state index contributed by atoms with van der Waals surface area (Å²) in [5, 5.41) is 4.79. The number of nitrogens with zero attached hydrogens (tertiary/aromatic N) is 2. The third kappa shape index (κ3) is 5.19. The fraction of sp³-hybridized carbons (Fsp3) is 0.368. The lowest BCUT2D eigenvalue weighted by molar-refractivity contribution is -0.117. The Morgan fingerprint density at radius 1 is 1.17 bits per heavy atom. The maximum Gasteiger partial charge on any atom is 0.349 e. The molecule has 2 aromatic rings. The fourth-order valence-corrected chi connectivity index (χ4v) is 6.14. The Morgan fingerprint density at radius 3 is 2.67 bits per heavy atom. The van der Waals surface area contributed by atoms with Crippen LogP contribution >= 0.6 is 22.9 Å². The molecule has 1 saturated heterocycles. The van der Waals surface area contributed by atoms with Crippen molar-refractivity contribution < 1.29 is 22.7 Å². The van der Waals surface area contributed by atoms with Crippen molar-refractivity contribution in [1.29, 1.82) is 0 Å². The predicted octanol–water partition coefficient (Wildman–Crippen LogP) is 2.52. The number of amides is 1. The number of rotatable bonds is 6. The Labute approximate surface area is 184 Å². The van der Waals surface area contributed by atoms with Crippen LogP contribution in [0.5, 0.6) is 0 Å². The molecule has 1 amide bonds. The first-order chi connectivity index (χ1) is 14.3. The molecule has 8 nitrogen and oxygen atoms in total. The molecule has 0 spiro atoms. The maximum atomic E-state index is 13.1. The van der Waals surface area contributed by atoms with Gasteiger partial charge in [0, 0.05) is 19.6 Å². The van der Waals surface area contributed by atoms with Crippen LogP contribution in [0.3, 0.4) is 0 Å². The number of hydrogen-bond acceptors (Lipinski definition) is 7. The van der Waals surface area contributed by atoms with Crippen LogP contribution in [0.1, 0.15) is 16.1 Å². The average Bonchev–Trinajstić information content (AvgIpc) is 3.10. The Bertz CT molecular complexity index is 1020. The molecule has 11 heteroatoms. The second-order valence-electron chi connectivity index (χ2n) is 6.67. The SMILES string of the molecule is COC(=O)c1sccc1S(=O)(=O)N1CCCN(CC(=O)Nc2ccccc2Cl)CC1. The largest absolute Gasteiger partial charge is 0.465 e. The zero-order chi connectivity index (χ0) is 21.7. The third-order valence-corrected chi connectivity index (χ3v) is 7.97. The third-order valence-electron chi connectivity index (χ3n) is 4.68. The summed E-state index contributed by atoms with van der Waals surface area (Å²) in [4.78, 5) is 26.2. The van der Waals surface area contributed by atoms with Crippen LogP contribution in [0.2, 0.25) is 5.02 Å². The fourth-order valence-electron chi connectivity index (χ4n) is 3.18. The van der Waals surface area contributed by atoms with Gasteiger partial charge in [-0.15, -0.1) is 11.3 Å². The van der Waals surface area contributed by atoms with E-state index < -0.39 is 16.0 Å². The van der Waals surface area contributed by atoms with Crippen molar-refractivity contribution in [1.82, 2.24) is 9.21 Å². The summed E-state index contributed by atoms with van der Waals surface area (Å²) in [5.41, 5.74) is 0.538. The minimum absolute atomic E-state index is 0.0377. The molecule has 1 aliphatic heterocycles. The second kappa shape index (κ2) is 9.88. The number of carbonyl (C=O) groups excluding carboxylic acids is 2. The summed E-state index contributed by atoms with van der Waals surface area (Å²) < 4.78 is 32.2.